The second-order valence-corrected chi connectivity index (χ2v) is 7.98. The van der Waals surface area contributed by atoms with Gasteiger partial charge in [0.1, 0.15) is 5.75 Å². The molecule has 2 fully saturated rings. The number of nitrogens with one attached hydrogen (secondary N) is 4. The lowest BCUT2D eigenvalue weighted by molar-refractivity contribution is 0.261. The van der Waals surface area contributed by atoms with Crippen LogP contribution >= 0.6 is 0 Å². The van der Waals surface area contributed by atoms with Crippen LogP contribution in [-0.2, 0) is 13.1 Å². The van der Waals surface area contributed by atoms with Crippen molar-refractivity contribution in [1.82, 2.24) is 31.1 Å². The van der Waals surface area contributed by atoms with E-state index in [0.717, 1.165) is 103 Å². The van der Waals surface area contributed by atoms with Crippen LogP contribution in [0.3, 0.4) is 0 Å². The van der Waals surface area contributed by atoms with Gasteiger partial charge in [0.25, 0.3) is 0 Å². The Labute approximate surface area is 169 Å². The Balaban J connectivity index is 1.67. The van der Waals surface area contributed by atoms with Gasteiger partial charge < -0.3 is 26.4 Å². The number of hydrogen-bond donors (Lipinski definition) is 5. The van der Waals surface area contributed by atoms with E-state index in [2.05, 4.69) is 50.1 Å². The van der Waals surface area contributed by atoms with E-state index >= 15 is 0 Å². The average molecular weight is 391 g/mol. The highest BCUT2D eigenvalue weighted by Gasteiger charge is 2.16. The predicted octanol–water partition coefficient (Wildman–Crippen LogP) is -0.310. The fourth-order valence-electron chi connectivity index (χ4n) is 4.00. The van der Waals surface area contributed by atoms with Crippen LogP contribution in [-0.4, -0.2) is 93.4 Å². The molecule has 158 valence electrons. The van der Waals surface area contributed by atoms with Gasteiger partial charge in [-0.3, -0.25) is 9.80 Å². The molecule has 28 heavy (non-hydrogen) atoms. The molecular formula is C21H38N6O. The van der Waals surface area contributed by atoms with Crippen molar-refractivity contribution < 1.29 is 5.11 Å². The zero-order valence-electron chi connectivity index (χ0n) is 17.4. The zero-order valence-corrected chi connectivity index (χ0v) is 17.4. The Hall–Kier alpha value is -1.22. The second-order valence-electron chi connectivity index (χ2n) is 7.98. The summed E-state index contributed by atoms with van der Waals surface area (Å²) in [6.45, 7) is 15.8. The molecule has 5 N–H and O–H groups in total. The van der Waals surface area contributed by atoms with Crippen molar-refractivity contribution in [2.45, 2.75) is 20.0 Å². The monoisotopic (exact) mass is 390 g/mol. The highest BCUT2D eigenvalue weighted by Crippen LogP contribution is 2.27. The third-order valence-corrected chi connectivity index (χ3v) is 5.58. The van der Waals surface area contributed by atoms with Gasteiger partial charge in [-0.05, 0) is 6.92 Å². The minimum Gasteiger partial charge on any atom is -0.507 e. The van der Waals surface area contributed by atoms with Gasteiger partial charge in [-0.25, -0.2) is 0 Å². The van der Waals surface area contributed by atoms with Crippen molar-refractivity contribution >= 4 is 0 Å². The van der Waals surface area contributed by atoms with Crippen LogP contribution in [0.2, 0.25) is 0 Å². The molecule has 2 aliphatic rings. The summed E-state index contributed by atoms with van der Waals surface area (Å²) in [5.41, 5.74) is 3.33. The third-order valence-electron chi connectivity index (χ3n) is 5.58. The van der Waals surface area contributed by atoms with Crippen molar-refractivity contribution in [2.75, 3.05) is 78.5 Å². The fourth-order valence-corrected chi connectivity index (χ4v) is 4.00. The van der Waals surface area contributed by atoms with Gasteiger partial charge in [0, 0.05) is 103 Å². The largest absolute Gasteiger partial charge is 0.507 e. The van der Waals surface area contributed by atoms with Gasteiger partial charge in [0.15, 0.2) is 0 Å². The van der Waals surface area contributed by atoms with E-state index in [9.17, 15) is 5.11 Å². The molecule has 0 spiro atoms. The standard InChI is InChI=1S/C21H38N6O/c1-18-14-19(16-26-10-6-22-2-3-23-7-11-26)21(28)20(15-18)17-27-12-8-24-4-5-25-9-13-27/h14-15,22-25,28H,2-13,16-17H2,1H3. The summed E-state index contributed by atoms with van der Waals surface area (Å²) in [6.07, 6.45) is 0. The first-order valence-corrected chi connectivity index (χ1v) is 10.8. The maximum atomic E-state index is 11.0. The Morgan fingerprint density at radius 2 is 1.04 bits per heavy atom. The number of rotatable bonds is 4. The van der Waals surface area contributed by atoms with Gasteiger partial charge >= 0.3 is 0 Å². The predicted molar refractivity (Wildman–Crippen MR) is 115 cm³/mol. The van der Waals surface area contributed by atoms with Crippen molar-refractivity contribution in [3.8, 4) is 5.75 Å². The fraction of sp³-hybridized carbons (Fsp3) is 0.714. The molecule has 2 aliphatic heterocycles. The minimum absolute atomic E-state index is 0.479. The van der Waals surface area contributed by atoms with Gasteiger partial charge in [0.05, 0.1) is 0 Å². The maximum absolute atomic E-state index is 11.0. The van der Waals surface area contributed by atoms with Crippen molar-refractivity contribution in [1.29, 1.82) is 0 Å². The van der Waals surface area contributed by atoms with Crippen LogP contribution in [0.4, 0.5) is 0 Å². The molecule has 1 aromatic carbocycles. The average Bonchev–Trinajstić information content (AvgIpc) is 2.89. The molecule has 1 aromatic rings. The lowest BCUT2D eigenvalue weighted by Gasteiger charge is -2.25. The highest BCUT2D eigenvalue weighted by molar-refractivity contribution is 5.43. The molecule has 0 saturated carbocycles. The Morgan fingerprint density at radius 1 is 0.679 bits per heavy atom. The maximum Gasteiger partial charge on any atom is 0.124 e. The van der Waals surface area contributed by atoms with E-state index in [1.165, 1.54) is 5.56 Å². The molecular weight excluding hydrogens is 352 g/mol. The summed E-state index contributed by atoms with van der Waals surface area (Å²) in [5.74, 6) is 0.479. The van der Waals surface area contributed by atoms with E-state index in [1.54, 1.807) is 0 Å². The van der Waals surface area contributed by atoms with Crippen LogP contribution < -0.4 is 21.3 Å². The van der Waals surface area contributed by atoms with Crippen LogP contribution in [0.1, 0.15) is 16.7 Å². The normalized spacial score (nSPS) is 21.8. The zero-order chi connectivity index (χ0) is 19.6. The molecule has 7 heteroatoms. The first kappa shape index (κ1) is 21.5. The molecule has 2 heterocycles. The summed E-state index contributed by atoms with van der Waals surface area (Å²) >= 11 is 0. The number of aryl methyl sites for hydroxylation is 1. The lowest BCUT2D eigenvalue weighted by Crippen LogP contribution is -2.34. The Bertz CT molecular complexity index is 529. The number of phenolic OH excluding ortho intramolecular Hbond substituents is 1. The van der Waals surface area contributed by atoms with Gasteiger partial charge in [-0.2, -0.15) is 0 Å². The first-order valence-electron chi connectivity index (χ1n) is 10.8. The number of aromatic hydroxyl groups is 1. The molecule has 0 amide bonds. The molecule has 7 nitrogen and oxygen atoms in total. The summed E-state index contributed by atoms with van der Waals surface area (Å²) in [4.78, 5) is 4.86. The summed E-state index contributed by atoms with van der Waals surface area (Å²) < 4.78 is 0. The van der Waals surface area contributed by atoms with Crippen molar-refractivity contribution in [2.24, 2.45) is 0 Å². The summed E-state index contributed by atoms with van der Waals surface area (Å²) in [6, 6.07) is 4.29. The third kappa shape index (κ3) is 6.99. The molecule has 0 radical (unpaired) electrons. The molecule has 0 atom stereocenters. The lowest BCUT2D eigenvalue weighted by atomic mass is 10.0. The molecule has 0 aromatic heterocycles. The number of hydrogen-bond acceptors (Lipinski definition) is 7. The number of benzene rings is 1. The van der Waals surface area contributed by atoms with Crippen LogP contribution in [0, 0.1) is 6.92 Å². The van der Waals surface area contributed by atoms with E-state index in [-0.39, 0.29) is 0 Å². The Morgan fingerprint density at radius 3 is 1.39 bits per heavy atom. The van der Waals surface area contributed by atoms with Crippen molar-refractivity contribution in [3.63, 3.8) is 0 Å². The number of phenols is 1. The van der Waals surface area contributed by atoms with Crippen LogP contribution in [0.15, 0.2) is 12.1 Å². The smallest absolute Gasteiger partial charge is 0.124 e. The summed E-state index contributed by atoms with van der Waals surface area (Å²) in [7, 11) is 0. The van der Waals surface area contributed by atoms with E-state index in [1.807, 2.05) is 0 Å². The second kappa shape index (κ2) is 11.7. The van der Waals surface area contributed by atoms with E-state index < -0.39 is 0 Å². The molecule has 0 unspecified atom stereocenters. The highest BCUT2D eigenvalue weighted by atomic mass is 16.3. The first-order chi connectivity index (χ1) is 13.7. The molecule has 3 rings (SSSR count). The summed E-state index contributed by atoms with van der Waals surface area (Å²) in [5, 5.41) is 24.9. The molecule has 2 saturated heterocycles. The van der Waals surface area contributed by atoms with Crippen molar-refractivity contribution in [3.05, 3.63) is 28.8 Å². The van der Waals surface area contributed by atoms with E-state index in [0.29, 0.717) is 5.75 Å². The number of nitrogens with zero attached hydrogens (tertiary/aromatic N) is 2. The Kier molecular flexibility index (Phi) is 8.98. The van der Waals surface area contributed by atoms with Gasteiger partial charge in [-0.1, -0.05) is 17.7 Å². The van der Waals surface area contributed by atoms with Gasteiger partial charge in [0.2, 0.25) is 0 Å². The quantitative estimate of drug-likeness (QED) is 0.483. The minimum atomic E-state index is 0.479. The SMILES string of the molecule is Cc1cc(CN2CCNCCNCC2)c(O)c(CN2CCNCCNCC2)c1. The topological polar surface area (TPSA) is 74.8 Å². The van der Waals surface area contributed by atoms with Crippen LogP contribution in [0.5, 0.6) is 5.75 Å². The molecule has 0 aliphatic carbocycles. The molecule has 0 bridgehead atoms. The van der Waals surface area contributed by atoms with Gasteiger partial charge in [-0.15, -0.1) is 0 Å². The van der Waals surface area contributed by atoms with E-state index in [4.69, 9.17) is 0 Å². The van der Waals surface area contributed by atoms with Crippen LogP contribution in [0.25, 0.3) is 0 Å².